The van der Waals surface area contributed by atoms with Crippen LogP contribution in [-0.4, -0.2) is 23.5 Å². The summed E-state index contributed by atoms with van der Waals surface area (Å²) < 4.78 is 5.11. The molecule has 98 valence electrons. The number of nitro groups is 1. The molecule has 0 heterocycles. The van der Waals surface area contributed by atoms with Crippen molar-refractivity contribution in [2.24, 2.45) is 11.5 Å². The molecular formula is C9H9Cl2N3O4. The molecule has 0 aliphatic carbocycles. The van der Waals surface area contributed by atoms with Crippen molar-refractivity contribution in [3.8, 4) is 5.75 Å². The molecule has 0 spiro atoms. The Hall–Kier alpha value is -1.57. The zero-order valence-corrected chi connectivity index (χ0v) is 10.4. The fourth-order valence-corrected chi connectivity index (χ4v) is 1.63. The van der Waals surface area contributed by atoms with E-state index in [0.717, 1.165) is 12.1 Å². The highest BCUT2D eigenvalue weighted by atomic mass is 35.5. The van der Waals surface area contributed by atoms with Crippen molar-refractivity contribution in [3.05, 3.63) is 32.3 Å². The first kappa shape index (κ1) is 14.5. The third-order valence-electron chi connectivity index (χ3n) is 1.97. The average Bonchev–Trinajstić information content (AvgIpc) is 2.26. The first-order chi connectivity index (χ1) is 8.32. The van der Waals surface area contributed by atoms with Crippen LogP contribution in [0.4, 0.5) is 5.69 Å². The van der Waals surface area contributed by atoms with Crippen molar-refractivity contribution in [1.29, 1.82) is 0 Å². The molecule has 9 heteroatoms. The van der Waals surface area contributed by atoms with Crippen LogP contribution < -0.4 is 16.2 Å². The Bertz CT molecular complexity index is 472. The molecule has 1 aromatic carbocycles. The van der Waals surface area contributed by atoms with Gasteiger partial charge in [0, 0.05) is 12.1 Å². The molecule has 0 saturated heterocycles. The number of primary amides is 1. The highest BCUT2D eigenvalue weighted by Crippen LogP contribution is 2.36. The van der Waals surface area contributed by atoms with E-state index in [-0.39, 0.29) is 28.1 Å². The number of halogens is 2. The van der Waals surface area contributed by atoms with Crippen LogP contribution in [0, 0.1) is 10.1 Å². The van der Waals surface area contributed by atoms with Gasteiger partial charge in [0.25, 0.3) is 5.69 Å². The smallest absolute Gasteiger partial charge is 0.272 e. The van der Waals surface area contributed by atoms with Crippen molar-refractivity contribution < 1.29 is 14.5 Å². The SMILES string of the molecule is NC(=O)C(N)COc1c(Cl)cc([N+](=O)[O-])cc1Cl. The van der Waals surface area contributed by atoms with Gasteiger partial charge in [0.15, 0.2) is 5.75 Å². The summed E-state index contributed by atoms with van der Waals surface area (Å²) in [6.45, 7) is -0.230. The second-order valence-corrected chi connectivity index (χ2v) is 4.13. The summed E-state index contributed by atoms with van der Waals surface area (Å²) in [5.41, 5.74) is 10.0. The number of nitrogens with zero attached hydrogens (tertiary/aromatic N) is 1. The van der Waals surface area contributed by atoms with Crippen molar-refractivity contribution in [1.82, 2.24) is 0 Å². The summed E-state index contributed by atoms with van der Waals surface area (Å²) >= 11 is 11.5. The summed E-state index contributed by atoms with van der Waals surface area (Å²) in [5, 5.41) is 10.4. The summed E-state index contributed by atoms with van der Waals surface area (Å²) in [7, 11) is 0. The molecule has 1 rings (SSSR count). The number of carbonyl (C=O) groups excluding carboxylic acids is 1. The minimum atomic E-state index is -1.02. The summed E-state index contributed by atoms with van der Waals surface area (Å²) in [6.07, 6.45) is 0. The lowest BCUT2D eigenvalue weighted by molar-refractivity contribution is -0.384. The third kappa shape index (κ3) is 3.46. The Morgan fingerprint density at radius 1 is 1.44 bits per heavy atom. The van der Waals surface area contributed by atoms with E-state index in [1.54, 1.807) is 0 Å². The van der Waals surface area contributed by atoms with Gasteiger partial charge in [-0.05, 0) is 0 Å². The summed E-state index contributed by atoms with van der Waals surface area (Å²) in [5.74, 6) is -0.732. The Labute approximate surface area is 112 Å². The molecule has 18 heavy (non-hydrogen) atoms. The molecular weight excluding hydrogens is 285 g/mol. The monoisotopic (exact) mass is 293 g/mol. The zero-order valence-electron chi connectivity index (χ0n) is 8.93. The largest absolute Gasteiger partial charge is 0.488 e. The highest BCUT2D eigenvalue weighted by Gasteiger charge is 2.17. The number of amides is 1. The van der Waals surface area contributed by atoms with Crippen LogP contribution in [0.3, 0.4) is 0 Å². The van der Waals surface area contributed by atoms with Crippen LogP contribution >= 0.6 is 23.2 Å². The number of carbonyl (C=O) groups is 1. The molecule has 1 aromatic rings. The maximum atomic E-state index is 10.7. The molecule has 4 N–H and O–H groups in total. The zero-order chi connectivity index (χ0) is 13.9. The molecule has 0 saturated carbocycles. The fourth-order valence-electron chi connectivity index (χ4n) is 1.05. The lowest BCUT2D eigenvalue weighted by atomic mass is 10.3. The lowest BCUT2D eigenvalue weighted by Gasteiger charge is -2.12. The van der Waals surface area contributed by atoms with Crippen LogP contribution in [0.5, 0.6) is 5.75 Å². The molecule has 0 bridgehead atoms. The van der Waals surface area contributed by atoms with Crippen molar-refractivity contribution in [2.45, 2.75) is 6.04 Å². The minimum absolute atomic E-state index is 0.0145. The van der Waals surface area contributed by atoms with Crippen LogP contribution in [-0.2, 0) is 4.79 Å². The van der Waals surface area contributed by atoms with Crippen LogP contribution in [0.25, 0.3) is 0 Å². The minimum Gasteiger partial charge on any atom is -0.488 e. The molecule has 0 aliphatic heterocycles. The van der Waals surface area contributed by atoms with Gasteiger partial charge in [-0.3, -0.25) is 14.9 Å². The molecule has 1 atom stereocenters. The first-order valence-electron chi connectivity index (χ1n) is 4.64. The quantitative estimate of drug-likeness (QED) is 0.622. The Balaban J connectivity index is 2.90. The summed E-state index contributed by atoms with van der Waals surface area (Å²) in [6, 6.07) is 1.14. The van der Waals surface area contributed by atoms with E-state index in [4.69, 9.17) is 39.4 Å². The maximum absolute atomic E-state index is 10.7. The second-order valence-electron chi connectivity index (χ2n) is 3.32. The van der Waals surface area contributed by atoms with Gasteiger partial charge in [0.1, 0.15) is 12.6 Å². The number of rotatable bonds is 5. The molecule has 7 nitrogen and oxygen atoms in total. The number of hydrogen-bond donors (Lipinski definition) is 2. The van der Waals surface area contributed by atoms with Gasteiger partial charge in [0.05, 0.1) is 15.0 Å². The van der Waals surface area contributed by atoms with Crippen LogP contribution in [0.1, 0.15) is 0 Å². The van der Waals surface area contributed by atoms with Crippen molar-refractivity contribution in [3.63, 3.8) is 0 Å². The average molecular weight is 294 g/mol. The Kier molecular flexibility index (Phi) is 4.71. The molecule has 1 unspecified atom stereocenters. The fraction of sp³-hybridized carbons (Fsp3) is 0.222. The van der Waals surface area contributed by atoms with E-state index in [0.29, 0.717) is 0 Å². The normalized spacial score (nSPS) is 11.9. The Morgan fingerprint density at radius 3 is 2.33 bits per heavy atom. The number of ether oxygens (including phenoxy) is 1. The predicted molar refractivity (Wildman–Crippen MR) is 65.8 cm³/mol. The van der Waals surface area contributed by atoms with E-state index in [1.165, 1.54) is 0 Å². The number of non-ortho nitro benzene ring substituents is 1. The summed E-state index contributed by atoms with van der Waals surface area (Å²) in [4.78, 5) is 20.6. The standard InChI is InChI=1S/C9H9Cl2N3O4/c10-5-1-4(14(16)17)2-6(11)8(5)18-3-7(12)9(13)15/h1-2,7H,3,12H2,(H2,13,15). The molecule has 0 aliphatic rings. The van der Waals surface area contributed by atoms with Gasteiger partial charge in [0.2, 0.25) is 5.91 Å². The van der Waals surface area contributed by atoms with Gasteiger partial charge in [-0.2, -0.15) is 0 Å². The van der Waals surface area contributed by atoms with Gasteiger partial charge in [-0.15, -0.1) is 0 Å². The van der Waals surface area contributed by atoms with Crippen molar-refractivity contribution >= 4 is 34.8 Å². The van der Waals surface area contributed by atoms with E-state index < -0.39 is 16.9 Å². The van der Waals surface area contributed by atoms with Crippen LogP contribution in [0.2, 0.25) is 10.0 Å². The Morgan fingerprint density at radius 2 is 1.94 bits per heavy atom. The van der Waals surface area contributed by atoms with Gasteiger partial charge in [-0.25, -0.2) is 0 Å². The molecule has 0 aromatic heterocycles. The first-order valence-corrected chi connectivity index (χ1v) is 5.39. The van der Waals surface area contributed by atoms with E-state index in [9.17, 15) is 14.9 Å². The van der Waals surface area contributed by atoms with E-state index >= 15 is 0 Å². The maximum Gasteiger partial charge on any atom is 0.272 e. The number of benzene rings is 1. The van der Waals surface area contributed by atoms with Gasteiger partial charge in [-0.1, -0.05) is 23.2 Å². The second kappa shape index (κ2) is 5.85. The molecule has 0 fully saturated rings. The highest BCUT2D eigenvalue weighted by molar-refractivity contribution is 6.37. The topological polar surface area (TPSA) is 121 Å². The lowest BCUT2D eigenvalue weighted by Crippen LogP contribution is -2.41. The molecule has 0 radical (unpaired) electrons. The molecule has 1 amide bonds. The van der Waals surface area contributed by atoms with Crippen molar-refractivity contribution in [2.75, 3.05) is 6.61 Å². The number of nitro benzene ring substituents is 1. The van der Waals surface area contributed by atoms with E-state index in [2.05, 4.69) is 0 Å². The predicted octanol–water partition coefficient (Wildman–Crippen LogP) is 1.09. The number of nitrogens with two attached hydrogens (primary N) is 2. The van der Waals surface area contributed by atoms with Gasteiger partial charge < -0.3 is 16.2 Å². The van der Waals surface area contributed by atoms with E-state index in [1.807, 2.05) is 0 Å². The van der Waals surface area contributed by atoms with Crippen LogP contribution in [0.15, 0.2) is 12.1 Å². The third-order valence-corrected chi connectivity index (χ3v) is 2.53. The number of hydrogen-bond acceptors (Lipinski definition) is 5. The van der Waals surface area contributed by atoms with Gasteiger partial charge >= 0.3 is 0 Å².